The van der Waals surface area contributed by atoms with Gasteiger partial charge in [0, 0.05) is 18.5 Å². The predicted molar refractivity (Wildman–Crippen MR) is 92.2 cm³/mol. The van der Waals surface area contributed by atoms with Gasteiger partial charge in [0.25, 0.3) is 5.56 Å². The van der Waals surface area contributed by atoms with Gasteiger partial charge in [0.15, 0.2) is 5.82 Å². The summed E-state index contributed by atoms with van der Waals surface area (Å²) in [5.41, 5.74) is 1.57. The average molecular weight is 302 g/mol. The number of aromatic amines is 1. The minimum Gasteiger partial charge on any atom is -0.291 e. The van der Waals surface area contributed by atoms with Crippen molar-refractivity contribution in [3.8, 4) is 0 Å². The molecule has 0 aliphatic carbocycles. The highest BCUT2D eigenvalue weighted by molar-refractivity contribution is 5.82. The van der Waals surface area contributed by atoms with E-state index in [0.29, 0.717) is 5.82 Å². The van der Waals surface area contributed by atoms with Crippen LogP contribution < -0.4 is 5.56 Å². The van der Waals surface area contributed by atoms with Crippen LogP contribution in [0, 0.1) is 0 Å². The monoisotopic (exact) mass is 302 g/mol. The van der Waals surface area contributed by atoms with Gasteiger partial charge < -0.3 is 0 Å². The number of benzene rings is 2. The van der Waals surface area contributed by atoms with Crippen LogP contribution in [0.1, 0.15) is 11.1 Å². The molecule has 0 saturated heterocycles. The van der Waals surface area contributed by atoms with Crippen LogP contribution in [-0.2, 0) is 0 Å². The molecule has 0 saturated carbocycles. The number of nitrogens with one attached hydrogen (secondary N) is 1. The summed E-state index contributed by atoms with van der Waals surface area (Å²) in [6, 6.07) is 20.5. The molecular weight excluding hydrogens is 288 g/mol. The van der Waals surface area contributed by atoms with Gasteiger partial charge in [0.2, 0.25) is 5.95 Å². The normalized spacial score (nSPS) is 11.3. The summed E-state index contributed by atoms with van der Waals surface area (Å²) in [6.07, 6.45) is 3.30. The van der Waals surface area contributed by atoms with Crippen LogP contribution in [0.2, 0.25) is 0 Å². The quantitative estimate of drug-likeness (QED) is 0.751. The molecule has 112 valence electrons. The van der Waals surface area contributed by atoms with Crippen molar-refractivity contribution in [3.05, 3.63) is 88.2 Å². The van der Waals surface area contributed by atoms with Gasteiger partial charge in [-0.25, -0.2) is 9.98 Å². The number of hydrogen-bond acceptors (Lipinski definition) is 4. The second-order valence-corrected chi connectivity index (χ2v) is 4.76. The molecule has 1 N–H and O–H groups in total. The summed E-state index contributed by atoms with van der Waals surface area (Å²) < 4.78 is 0. The van der Waals surface area contributed by atoms with E-state index in [1.165, 1.54) is 6.07 Å². The van der Waals surface area contributed by atoms with Gasteiger partial charge >= 0.3 is 0 Å². The summed E-state index contributed by atoms with van der Waals surface area (Å²) in [5.74, 6) is 0.541. The highest BCUT2D eigenvalue weighted by Crippen LogP contribution is 2.09. The molecule has 2 aromatic carbocycles. The maximum atomic E-state index is 11.7. The number of rotatable bonds is 4. The molecule has 0 aliphatic rings. The Kier molecular flexibility index (Phi) is 4.49. The minimum atomic E-state index is -0.291. The Bertz CT molecular complexity index is 813. The Labute approximate surface area is 133 Å². The Balaban J connectivity index is 1.83. The van der Waals surface area contributed by atoms with Gasteiger partial charge in [-0.2, -0.15) is 4.98 Å². The van der Waals surface area contributed by atoms with E-state index in [4.69, 9.17) is 0 Å². The zero-order valence-electron chi connectivity index (χ0n) is 12.3. The van der Waals surface area contributed by atoms with Gasteiger partial charge in [-0.1, -0.05) is 60.7 Å². The second kappa shape index (κ2) is 7.09. The first-order valence-electron chi connectivity index (χ1n) is 7.09. The molecule has 1 aromatic heterocycles. The Morgan fingerprint density at radius 3 is 2.00 bits per heavy atom. The van der Waals surface area contributed by atoms with Crippen molar-refractivity contribution in [1.82, 2.24) is 9.97 Å². The molecule has 3 rings (SSSR count). The van der Waals surface area contributed by atoms with Crippen LogP contribution in [0.3, 0.4) is 0 Å². The highest BCUT2D eigenvalue weighted by Gasteiger charge is 1.98. The summed E-state index contributed by atoms with van der Waals surface area (Å²) in [6.45, 7) is 0. The van der Waals surface area contributed by atoms with Crippen molar-refractivity contribution in [1.29, 1.82) is 0 Å². The maximum absolute atomic E-state index is 11.7. The van der Waals surface area contributed by atoms with E-state index in [2.05, 4.69) is 20.0 Å². The maximum Gasteiger partial charge on any atom is 0.254 e. The Morgan fingerprint density at radius 1 is 0.826 bits per heavy atom. The van der Waals surface area contributed by atoms with E-state index < -0.39 is 0 Å². The third-order valence-electron chi connectivity index (χ3n) is 3.00. The fourth-order valence-corrected chi connectivity index (χ4v) is 1.91. The van der Waals surface area contributed by atoms with Crippen molar-refractivity contribution in [2.75, 3.05) is 0 Å². The first-order valence-corrected chi connectivity index (χ1v) is 7.09. The van der Waals surface area contributed by atoms with E-state index >= 15 is 0 Å². The molecule has 0 atom stereocenters. The van der Waals surface area contributed by atoms with Crippen molar-refractivity contribution in [2.24, 2.45) is 9.98 Å². The smallest absolute Gasteiger partial charge is 0.254 e. The van der Waals surface area contributed by atoms with E-state index in [9.17, 15) is 4.79 Å². The number of hydrogen-bond donors (Lipinski definition) is 1. The van der Waals surface area contributed by atoms with Gasteiger partial charge in [0.1, 0.15) is 0 Å². The third-order valence-corrected chi connectivity index (χ3v) is 3.00. The van der Waals surface area contributed by atoms with Crippen LogP contribution >= 0.6 is 0 Å². The first-order chi connectivity index (χ1) is 11.3. The lowest BCUT2D eigenvalue weighted by Crippen LogP contribution is -2.04. The predicted octanol–water partition coefficient (Wildman–Crippen LogP) is 3.27. The fourth-order valence-electron chi connectivity index (χ4n) is 1.91. The van der Waals surface area contributed by atoms with Gasteiger partial charge in [-0.15, -0.1) is 0 Å². The van der Waals surface area contributed by atoms with Crippen LogP contribution in [0.15, 0.2) is 81.5 Å². The SMILES string of the molecule is O=c1cc(N=Cc2ccccc2)nc(N=Cc2ccccc2)[nH]1. The van der Waals surface area contributed by atoms with Crippen LogP contribution in [0.4, 0.5) is 11.8 Å². The number of aromatic nitrogens is 2. The molecule has 5 nitrogen and oxygen atoms in total. The largest absolute Gasteiger partial charge is 0.291 e. The van der Waals surface area contributed by atoms with Crippen LogP contribution in [0.5, 0.6) is 0 Å². The van der Waals surface area contributed by atoms with Gasteiger partial charge in [0.05, 0.1) is 0 Å². The zero-order chi connectivity index (χ0) is 15.9. The number of H-pyrrole nitrogens is 1. The molecule has 5 heteroatoms. The van der Waals surface area contributed by atoms with E-state index in [-0.39, 0.29) is 11.5 Å². The van der Waals surface area contributed by atoms with E-state index in [1.807, 2.05) is 60.7 Å². The Hall–Kier alpha value is -3.34. The lowest BCUT2D eigenvalue weighted by Gasteiger charge is -1.96. The van der Waals surface area contributed by atoms with Crippen LogP contribution in [0.25, 0.3) is 0 Å². The van der Waals surface area contributed by atoms with Crippen molar-refractivity contribution < 1.29 is 0 Å². The minimum absolute atomic E-state index is 0.224. The molecule has 0 spiro atoms. The third kappa shape index (κ3) is 4.31. The highest BCUT2D eigenvalue weighted by atomic mass is 16.1. The van der Waals surface area contributed by atoms with Crippen molar-refractivity contribution in [2.45, 2.75) is 0 Å². The molecular formula is C18H14N4O. The zero-order valence-corrected chi connectivity index (χ0v) is 12.3. The summed E-state index contributed by atoms with van der Waals surface area (Å²) >= 11 is 0. The van der Waals surface area contributed by atoms with Gasteiger partial charge in [-0.3, -0.25) is 9.78 Å². The molecule has 23 heavy (non-hydrogen) atoms. The van der Waals surface area contributed by atoms with Crippen LogP contribution in [-0.4, -0.2) is 22.4 Å². The first kappa shape index (κ1) is 14.6. The van der Waals surface area contributed by atoms with E-state index in [0.717, 1.165) is 11.1 Å². The number of nitrogens with zero attached hydrogens (tertiary/aromatic N) is 3. The Morgan fingerprint density at radius 2 is 1.39 bits per heavy atom. The number of aliphatic imine (C=N–C) groups is 2. The van der Waals surface area contributed by atoms with Crippen molar-refractivity contribution >= 4 is 24.2 Å². The topological polar surface area (TPSA) is 70.5 Å². The van der Waals surface area contributed by atoms with Crippen molar-refractivity contribution in [3.63, 3.8) is 0 Å². The second-order valence-electron chi connectivity index (χ2n) is 4.76. The lowest BCUT2D eigenvalue weighted by atomic mass is 10.2. The lowest BCUT2D eigenvalue weighted by molar-refractivity contribution is 1.09. The van der Waals surface area contributed by atoms with E-state index in [1.54, 1.807) is 12.4 Å². The molecule has 0 bridgehead atoms. The molecule has 3 aromatic rings. The average Bonchev–Trinajstić information content (AvgIpc) is 2.60. The summed E-state index contributed by atoms with van der Waals surface area (Å²) in [7, 11) is 0. The molecule has 0 amide bonds. The molecule has 0 fully saturated rings. The summed E-state index contributed by atoms with van der Waals surface area (Å²) in [5, 5.41) is 0. The fraction of sp³-hybridized carbons (Fsp3) is 0. The standard InChI is InChI=1S/C18H14N4O/c23-17-11-16(19-12-14-7-3-1-4-8-14)21-18(22-17)20-13-15-9-5-2-6-10-15/h1-13H,(H,21,22,23). The molecule has 0 radical (unpaired) electrons. The summed E-state index contributed by atoms with van der Waals surface area (Å²) in [4.78, 5) is 26.9. The van der Waals surface area contributed by atoms with Gasteiger partial charge in [-0.05, 0) is 11.1 Å². The molecule has 0 aliphatic heterocycles. The molecule has 1 heterocycles. The molecule has 0 unspecified atom stereocenters.